The predicted molar refractivity (Wildman–Crippen MR) is 92.4 cm³/mol. The number of rotatable bonds is 0. The molecule has 6 N–H and O–H groups in total. The topological polar surface area (TPSA) is 138 Å². The summed E-state index contributed by atoms with van der Waals surface area (Å²) in [5, 5.41) is 62.2. The van der Waals surface area contributed by atoms with Crippen molar-refractivity contribution in [2.75, 3.05) is 0 Å². The monoisotopic (exact) mass is 350 g/mol. The SMILES string of the molecule is O=C1c2c(O)cc(O)c3c(O)cc4cc(O)c5c(O)cc(O)c1c5c4c23. The standard InChI is InChI=1S/C19H10O7/c20-6-1-5-2-7(21)14-9(23)4-11(25)16-18(14)12(5)17-13(6)8(22)3-10(24)15(17)19(16)26/h1-4,20-25H. The number of carbonyl (C=O) groups excluding carboxylic acids is 1. The molecule has 0 atom stereocenters. The van der Waals surface area contributed by atoms with Gasteiger partial charge in [-0.05, 0) is 22.9 Å². The summed E-state index contributed by atoms with van der Waals surface area (Å²) in [6.07, 6.45) is 0. The minimum atomic E-state index is -0.750. The summed E-state index contributed by atoms with van der Waals surface area (Å²) >= 11 is 0. The number of aromatic hydroxyl groups is 6. The van der Waals surface area contributed by atoms with E-state index in [-0.39, 0.29) is 44.2 Å². The Morgan fingerprint density at radius 3 is 1.27 bits per heavy atom. The molecule has 0 unspecified atom stereocenters. The van der Waals surface area contributed by atoms with Gasteiger partial charge in [0.05, 0.1) is 21.9 Å². The molecule has 0 amide bonds. The molecule has 0 radical (unpaired) electrons. The van der Waals surface area contributed by atoms with Crippen molar-refractivity contribution in [3.63, 3.8) is 0 Å². The molecule has 0 heterocycles. The third-order valence-electron chi connectivity index (χ3n) is 4.91. The van der Waals surface area contributed by atoms with Crippen LogP contribution < -0.4 is 0 Å². The molecule has 7 nitrogen and oxygen atoms in total. The summed E-state index contributed by atoms with van der Waals surface area (Å²) < 4.78 is 0. The van der Waals surface area contributed by atoms with E-state index in [1.54, 1.807) is 0 Å². The van der Waals surface area contributed by atoms with Crippen molar-refractivity contribution in [3.05, 3.63) is 35.4 Å². The number of carbonyl (C=O) groups is 1. The maximum absolute atomic E-state index is 13.0. The van der Waals surface area contributed by atoms with Gasteiger partial charge in [0.15, 0.2) is 0 Å². The smallest absolute Gasteiger partial charge is 0.201 e. The number of hydrogen-bond acceptors (Lipinski definition) is 7. The van der Waals surface area contributed by atoms with Gasteiger partial charge in [-0.25, -0.2) is 0 Å². The molecular formula is C19H10O7. The average molecular weight is 350 g/mol. The van der Waals surface area contributed by atoms with E-state index in [0.29, 0.717) is 10.8 Å². The maximum atomic E-state index is 13.0. The zero-order valence-corrected chi connectivity index (χ0v) is 12.9. The van der Waals surface area contributed by atoms with E-state index in [4.69, 9.17) is 0 Å². The fourth-order valence-corrected chi connectivity index (χ4v) is 3.95. The molecule has 128 valence electrons. The van der Waals surface area contributed by atoms with E-state index in [0.717, 1.165) is 12.1 Å². The molecule has 0 aromatic heterocycles. The molecule has 7 heteroatoms. The Morgan fingerprint density at radius 1 is 0.462 bits per heavy atom. The number of phenolic OH excluding ortho intramolecular Hbond substituents is 6. The second-order valence-corrected chi connectivity index (χ2v) is 6.30. The minimum Gasteiger partial charge on any atom is -0.507 e. The van der Waals surface area contributed by atoms with E-state index in [9.17, 15) is 35.4 Å². The molecule has 0 spiro atoms. The molecule has 0 aliphatic heterocycles. The van der Waals surface area contributed by atoms with Crippen LogP contribution >= 0.6 is 0 Å². The second kappa shape index (κ2) is 4.20. The van der Waals surface area contributed by atoms with Gasteiger partial charge in [-0.2, -0.15) is 0 Å². The van der Waals surface area contributed by atoms with Gasteiger partial charge in [0.2, 0.25) is 5.78 Å². The number of benzene rings is 4. The van der Waals surface area contributed by atoms with Crippen LogP contribution in [0.2, 0.25) is 0 Å². The zero-order chi connectivity index (χ0) is 18.5. The summed E-state index contributed by atoms with van der Waals surface area (Å²) in [6, 6.07) is 4.47. The fraction of sp³-hybridized carbons (Fsp3) is 0. The highest BCUT2D eigenvalue weighted by Crippen LogP contribution is 2.53. The van der Waals surface area contributed by atoms with Crippen molar-refractivity contribution in [1.29, 1.82) is 0 Å². The van der Waals surface area contributed by atoms with Crippen LogP contribution in [0.5, 0.6) is 34.5 Å². The van der Waals surface area contributed by atoms with Gasteiger partial charge in [0.1, 0.15) is 34.5 Å². The van der Waals surface area contributed by atoms with Crippen molar-refractivity contribution in [3.8, 4) is 34.5 Å². The van der Waals surface area contributed by atoms with Crippen LogP contribution in [-0.4, -0.2) is 36.4 Å². The highest BCUT2D eigenvalue weighted by molar-refractivity contribution is 6.40. The van der Waals surface area contributed by atoms with Gasteiger partial charge < -0.3 is 30.6 Å². The van der Waals surface area contributed by atoms with Crippen molar-refractivity contribution in [2.24, 2.45) is 0 Å². The number of phenols is 6. The van der Waals surface area contributed by atoms with Crippen molar-refractivity contribution < 1.29 is 35.4 Å². The second-order valence-electron chi connectivity index (χ2n) is 6.30. The van der Waals surface area contributed by atoms with E-state index >= 15 is 0 Å². The average Bonchev–Trinajstić information content (AvgIpc) is 2.52. The van der Waals surface area contributed by atoms with Crippen LogP contribution in [0.15, 0.2) is 24.3 Å². The third-order valence-corrected chi connectivity index (χ3v) is 4.91. The molecule has 4 aromatic rings. The van der Waals surface area contributed by atoms with Crippen LogP contribution in [-0.2, 0) is 0 Å². The first kappa shape index (κ1) is 14.5. The lowest BCUT2D eigenvalue weighted by atomic mass is 9.81. The Balaban J connectivity index is 2.31. The van der Waals surface area contributed by atoms with E-state index in [1.165, 1.54) is 12.1 Å². The van der Waals surface area contributed by atoms with Crippen LogP contribution in [0.1, 0.15) is 15.9 Å². The lowest BCUT2D eigenvalue weighted by molar-refractivity contribution is 0.103. The molecule has 1 aliphatic rings. The third kappa shape index (κ3) is 1.42. The lowest BCUT2D eigenvalue weighted by Crippen LogP contribution is -2.09. The molecule has 1 aliphatic carbocycles. The first-order chi connectivity index (χ1) is 12.3. The molecule has 26 heavy (non-hydrogen) atoms. The molecule has 5 rings (SSSR count). The highest BCUT2D eigenvalue weighted by Gasteiger charge is 2.33. The minimum absolute atomic E-state index is 0.0425. The van der Waals surface area contributed by atoms with Gasteiger partial charge in [0.25, 0.3) is 0 Å². The number of ketones is 1. The fourth-order valence-electron chi connectivity index (χ4n) is 3.95. The molecule has 0 saturated heterocycles. The number of hydrogen-bond donors (Lipinski definition) is 6. The van der Waals surface area contributed by atoms with Gasteiger partial charge in [-0.15, -0.1) is 0 Å². The molecule has 4 aromatic carbocycles. The van der Waals surface area contributed by atoms with E-state index in [1.807, 2.05) is 0 Å². The van der Waals surface area contributed by atoms with Crippen LogP contribution in [0.3, 0.4) is 0 Å². The molecule has 0 bridgehead atoms. The summed E-state index contributed by atoms with van der Waals surface area (Å²) in [5.41, 5.74) is -0.363. The van der Waals surface area contributed by atoms with Crippen LogP contribution in [0, 0.1) is 0 Å². The first-order valence-electron chi connectivity index (χ1n) is 7.61. The summed E-state index contributed by atoms with van der Waals surface area (Å²) in [6.45, 7) is 0. The van der Waals surface area contributed by atoms with Crippen LogP contribution in [0.25, 0.3) is 32.3 Å². The van der Waals surface area contributed by atoms with Gasteiger partial charge in [-0.1, -0.05) is 0 Å². The summed E-state index contributed by atoms with van der Waals surface area (Å²) in [4.78, 5) is 13.0. The van der Waals surface area contributed by atoms with Crippen molar-refractivity contribution >= 4 is 38.1 Å². The molecule has 0 saturated carbocycles. The largest absolute Gasteiger partial charge is 0.507 e. The van der Waals surface area contributed by atoms with Crippen molar-refractivity contribution in [1.82, 2.24) is 0 Å². The molecule has 0 fully saturated rings. The zero-order valence-electron chi connectivity index (χ0n) is 12.9. The van der Waals surface area contributed by atoms with Gasteiger partial charge in [-0.3, -0.25) is 4.79 Å². The summed E-state index contributed by atoms with van der Waals surface area (Å²) in [5.74, 6) is -3.31. The highest BCUT2D eigenvalue weighted by atomic mass is 16.3. The van der Waals surface area contributed by atoms with Crippen molar-refractivity contribution in [2.45, 2.75) is 0 Å². The predicted octanol–water partition coefficient (Wildman–Crippen LogP) is 2.92. The first-order valence-corrected chi connectivity index (χ1v) is 7.61. The Bertz CT molecular complexity index is 1250. The van der Waals surface area contributed by atoms with Gasteiger partial charge >= 0.3 is 0 Å². The quantitative estimate of drug-likeness (QED) is 0.236. The Labute approximate surface area is 144 Å². The lowest BCUT2D eigenvalue weighted by Gasteiger charge is -2.22. The van der Waals surface area contributed by atoms with Crippen LogP contribution in [0.4, 0.5) is 0 Å². The van der Waals surface area contributed by atoms with E-state index in [2.05, 4.69) is 0 Å². The van der Waals surface area contributed by atoms with Gasteiger partial charge in [0, 0.05) is 22.9 Å². The maximum Gasteiger partial charge on any atom is 0.201 e. The Morgan fingerprint density at radius 2 is 0.846 bits per heavy atom. The summed E-state index contributed by atoms with van der Waals surface area (Å²) in [7, 11) is 0. The molecular weight excluding hydrogens is 340 g/mol. The Kier molecular flexibility index (Phi) is 2.34. The normalized spacial score (nSPS) is 12.8. The van der Waals surface area contributed by atoms with E-state index < -0.39 is 28.8 Å². The Hall–Kier alpha value is -3.87.